The van der Waals surface area contributed by atoms with Crippen LogP contribution in [0.1, 0.15) is 22.5 Å². The van der Waals surface area contributed by atoms with E-state index in [9.17, 15) is 4.39 Å². The van der Waals surface area contributed by atoms with Gasteiger partial charge < -0.3 is 10.1 Å². The van der Waals surface area contributed by atoms with Gasteiger partial charge in [0.1, 0.15) is 11.3 Å². The van der Waals surface area contributed by atoms with Crippen molar-refractivity contribution in [2.75, 3.05) is 31.6 Å². The Balaban J connectivity index is 1.57. The van der Waals surface area contributed by atoms with Gasteiger partial charge in [0.05, 0.1) is 24.6 Å². The van der Waals surface area contributed by atoms with E-state index in [4.69, 9.17) is 26.4 Å². The molecule has 166 valence electrons. The molecule has 1 fully saturated rings. The molecule has 0 saturated carbocycles. The second-order valence-electron chi connectivity index (χ2n) is 7.60. The van der Waals surface area contributed by atoms with Gasteiger partial charge >= 0.3 is 0 Å². The van der Waals surface area contributed by atoms with Crippen LogP contribution in [-0.2, 0) is 17.7 Å². The quantitative estimate of drug-likeness (QED) is 0.455. The third-order valence-electron chi connectivity index (χ3n) is 5.42. The normalized spacial score (nSPS) is 14.8. The average Bonchev–Trinajstić information content (AvgIpc) is 3.39. The number of anilines is 2. The van der Waals surface area contributed by atoms with E-state index in [1.165, 1.54) is 17.4 Å². The summed E-state index contributed by atoms with van der Waals surface area (Å²) in [5.74, 6) is 0.288. The first-order chi connectivity index (χ1) is 15.6. The molecule has 5 rings (SSSR count). The molecular formula is C21H21ClFN7OS. The Morgan fingerprint density at radius 1 is 1.22 bits per heavy atom. The van der Waals surface area contributed by atoms with Crippen molar-refractivity contribution >= 4 is 39.5 Å². The number of nitrogens with one attached hydrogen (secondary N) is 1. The largest absolute Gasteiger partial charge is 0.379 e. The Morgan fingerprint density at radius 2 is 2.06 bits per heavy atom. The number of morpholine rings is 1. The van der Waals surface area contributed by atoms with Gasteiger partial charge in [-0.2, -0.15) is 0 Å². The summed E-state index contributed by atoms with van der Waals surface area (Å²) < 4.78 is 21.8. The Morgan fingerprint density at radius 3 is 2.81 bits per heavy atom. The van der Waals surface area contributed by atoms with Gasteiger partial charge in [0.15, 0.2) is 11.5 Å². The van der Waals surface area contributed by atoms with Crippen LogP contribution >= 0.6 is 22.9 Å². The lowest BCUT2D eigenvalue weighted by molar-refractivity contribution is 0.0343. The molecule has 11 heteroatoms. The molecule has 1 saturated heterocycles. The van der Waals surface area contributed by atoms with Crippen molar-refractivity contribution in [1.82, 2.24) is 29.7 Å². The van der Waals surface area contributed by atoms with Crippen molar-refractivity contribution in [3.8, 4) is 0 Å². The van der Waals surface area contributed by atoms with Gasteiger partial charge in [-0.25, -0.2) is 13.9 Å². The number of aryl methyl sites for hydroxylation is 1. The fourth-order valence-corrected chi connectivity index (χ4v) is 4.41. The van der Waals surface area contributed by atoms with E-state index in [0.717, 1.165) is 35.7 Å². The van der Waals surface area contributed by atoms with E-state index >= 15 is 0 Å². The Labute approximate surface area is 193 Å². The number of hydrogen-bond donors (Lipinski definition) is 1. The molecule has 0 spiro atoms. The third-order valence-corrected chi connectivity index (χ3v) is 6.26. The van der Waals surface area contributed by atoms with Gasteiger partial charge in [-0.05, 0) is 30.7 Å². The first kappa shape index (κ1) is 21.2. The van der Waals surface area contributed by atoms with Crippen LogP contribution < -0.4 is 5.32 Å². The van der Waals surface area contributed by atoms with Crippen LogP contribution in [-0.4, -0.2) is 56.0 Å². The Bertz CT molecular complexity index is 1240. The number of imidazole rings is 1. The Kier molecular flexibility index (Phi) is 6.01. The van der Waals surface area contributed by atoms with Crippen LogP contribution in [0.5, 0.6) is 0 Å². The summed E-state index contributed by atoms with van der Waals surface area (Å²) in [5.41, 5.74) is 5.62. The summed E-state index contributed by atoms with van der Waals surface area (Å²) >= 11 is 7.32. The van der Waals surface area contributed by atoms with Gasteiger partial charge in [0, 0.05) is 36.6 Å². The first-order valence-electron chi connectivity index (χ1n) is 10.2. The zero-order valence-corrected chi connectivity index (χ0v) is 19.0. The molecule has 0 unspecified atom stereocenters. The maximum absolute atomic E-state index is 14.5. The van der Waals surface area contributed by atoms with Crippen molar-refractivity contribution in [2.24, 2.45) is 0 Å². The molecule has 32 heavy (non-hydrogen) atoms. The highest BCUT2D eigenvalue weighted by Gasteiger charge is 2.20. The van der Waals surface area contributed by atoms with E-state index in [2.05, 4.69) is 20.4 Å². The average molecular weight is 474 g/mol. The van der Waals surface area contributed by atoms with E-state index in [1.807, 2.05) is 17.5 Å². The molecular weight excluding hydrogens is 453 g/mol. The summed E-state index contributed by atoms with van der Waals surface area (Å²) in [6.45, 7) is 5.78. The van der Waals surface area contributed by atoms with E-state index in [1.54, 1.807) is 17.6 Å². The van der Waals surface area contributed by atoms with Crippen molar-refractivity contribution in [2.45, 2.75) is 19.9 Å². The number of halogens is 2. The first-order valence-corrected chi connectivity index (χ1v) is 11.5. The minimum atomic E-state index is -0.344. The fourth-order valence-electron chi connectivity index (χ4n) is 3.80. The fraction of sp³-hybridized carbons (Fsp3) is 0.333. The molecule has 1 N–H and O–H groups in total. The molecule has 1 aromatic carbocycles. The van der Waals surface area contributed by atoms with Crippen molar-refractivity contribution in [3.05, 3.63) is 63.1 Å². The molecule has 0 bridgehead atoms. The number of ether oxygens (including phenoxy) is 1. The van der Waals surface area contributed by atoms with Crippen LogP contribution in [0.3, 0.4) is 0 Å². The molecule has 0 radical (unpaired) electrons. The summed E-state index contributed by atoms with van der Waals surface area (Å²) in [5, 5.41) is 16.9. The SMILES string of the molecule is Cc1nc2c(CN3CCOCC3)cc(Nc3nncs3)nn2c1Cc1ccc(Cl)cc1F. The van der Waals surface area contributed by atoms with E-state index < -0.39 is 0 Å². The number of nitrogens with zero attached hydrogens (tertiary/aromatic N) is 6. The molecule has 0 amide bonds. The number of rotatable bonds is 6. The molecule has 4 heterocycles. The highest BCUT2D eigenvalue weighted by molar-refractivity contribution is 7.13. The molecule has 1 aliphatic heterocycles. The smallest absolute Gasteiger partial charge is 0.211 e. The predicted molar refractivity (Wildman–Crippen MR) is 121 cm³/mol. The number of hydrogen-bond acceptors (Lipinski definition) is 8. The molecule has 0 atom stereocenters. The summed E-state index contributed by atoms with van der Waals surface area (Å²) in [6.07, 6.45) is 0.349. The zero-order chi connectivity index (χ0) is 22.1. The zero-order valence-electron chi connectivity index (χ0n) is 17.4. The van der Waals surface area contributed by atoms with E-state index in [-0.39, 0.29) is 5.82 Å². The number of benzene rings is 1. The second-order valence-corrected chi connectivity index (χ2v) is 8.87. The van der Waals surface area contributed by atoms with Gasteiger partial charge in [0.2, 0.25) is 5.13 Å². The summed E-state index contributed by atoms with van der Waals surface area (Å²) in [4.78, 5) is 7.13. The van der Waals surface area contributed by atoms with Crippen LogP contribution in [0.2, 0.25) is 5.02 Å². The standard InChI is InChI=1S/C21H21ClFN7OS/c1-13-18(8-14-2-3-16(22)10-17(14)23)30-20(25-13)15(11-29-4-6-31-7-5-29)9-19(28-30)26-21-27-24-12-32-21/h2-3,9-10,12H,4-8,11H2,1H3,(H,26,27,28). The molecule has 1 aliphatic rings. The van der Waals surface area contributed by atoms with Gasteiger partial charge in [0.25, 0.3) is 0 Å². The number of aromatic nitrogens is 5. The lowest BCUT2D eigenvalue weighted by atomic mass is 10.1. The number of fused-ring (bicyclic) bond motifs is 1. The van der Waals surface area contributed by atoms with E-state index in [0.29, 0.717) is 47.7 Å². The topological polar surface area (TPSA) is 80.5 Å². The predicted octanol–water partition coefficient (Wildman–Crippen LogP) is 3.85. The van der Waals surface area contributed by atoms with Crippen LogP contribution in [0.25, 0.3) is 5.65 Å². The second kappa shape index (κ2) is 9.07. The van der Waals surface area contributed by atoms with Crippen molar-refractivity contribution < 1.29 is 9.13 Å². The minimum absolute atomic E-state index is 0.344. The maximum Gasteiger partial charge on any atom is 0.211 e. The Hall–Kier alpha value is -2.66. The van der Waals surface area contributed by atoms with Crippen LogP contribution in [0.4, 0.5) is 15.3 Å². The molecule has 0 aliphatic carbocycles. The summed E-state index contributed by atoms with van der Waals surface area (Å²) in [7, 11) is 0. The van der Waals surface area contributed by atoms with Crippen LogP contribution in [0, 0.1) is 12.7 Å². The third kappa shape index (κ3) is 4.44. The highest BCUT2D eigenvalue weighted by atomic mass is 35.5. The van der Waals surface area contributed by atoms with Crippen molar-refractivity contribution in [3.63, 3.8) is 0 Å². The minimum Gasteiger partial charge on any atom is -0.379 e. The lowest BCUT2D eigenvalue weighted by Gasteiger charge is -2.26. The van der Waals surface area contributed by atoms with Gasteiger partial charge in [-0.3, -0.25) is 4.90 Å². The molecule has 8 nitrogen and oxygen atoms in total. The van der Waals surface area contributed by atoms with Gasteiger partial charge in [-0.15, -0.1) is 15.3 Å². The maximum atomic E-state index is 14.5. The molecule has 4 aromatic rings. The summed E-state index contributed by atoms with van der Waals surface area (Å²) in [6, 6.07) is 6.72. The highest BCUT2D eigenvalue weighted by Crippen LogP contribution is 2.25. The van der Waals surface area contributed by atoms with Crippen molar-refractivity contribution in [1.29, 1.82) is 0 Å². The molecule has 3 aromatic heterocycles. The lowest BCUT2D eigenvalue weighted by Crippen LogP contribution is -2.35. The van der Waals surface area contributed by atoms with Gasteiger partial charge in [-0.1, -0.05) is 29.0 Å². The van der Waals surface area contributed by atoms with Crippen LogP contribution in [0.15, 0.2) is 29.8 Å². The monoisotopic (exact) mass is 473 g/mol.